The number of halogens is 3. The van der Waals surface area contributed by atoms with Gasteiger partial charge < -0.3 is 5.73 Å². The molecule has 0 spiro atoms. The fourth-order valence-corrected chi connectivity index (χ4v) is 1.48. The summed E-state index contributed by atoms with van der Waals surface area (Å²) in [5, 5.41) is 0. The maximum absolute atomic E-state index is 12.6. The van der Waals surface area contributed by atoms with E-state index in [9.17, 15) is 13.2 Å². The van der Waals surface area contributed by atoms with Crippen LogP contribution in [0.2, 0.25) is 0 Å². The van der Waals surface area contributed by atoms with Crippen LogP contribution in [-0.2, 0) is 12.7 Å². The van der Waals surface area contributed by atoms with E-state index >= 15 is 0 Å². The number of benzene rings is 1. The van der Waals surface area contributed by atoms with Crippen molar-refractivity contribution in [2.45, 2.75) is 12.7 Å². The summed E-state index contributed by atoms with van der Waals surface area (Å²) in [6, 6.07) is 5.03. The Morgan fingerprint density at radius 1 is 1.06 bits per heavy atom. The summed E-state index contributed by atoms with van der Waals surface area (Å²) in [6.07, 6.45) is -1.43. The zero-order valence-corrected chi connectivity index (χ0v) is 9.28. The van der Waals surface area contributed by atoms with E-state index in [1.54, 1.807) is 6.07 Å². The molecule has 0 aliphatic rings. The van der Waals surface area contributed by atoms with Crippen LogP contribution in [0, 0.1) is 0 Å². The molecule has 0 atom stereocenters. The van der Waals surface area contributed by atoms with E-state index < -0.39 is 11.7 Å². The van der Waals surface area contributed by atoms with Gasteiger partial charge in [0.15, 0.2) is 0 Å². The zero-order chi connectivity index (χ0) is 13.2. The normalized spacial score (nSPS) is 11.6. The van der Waals surface area contributed by atoms with E-state index in [1.165, 1.54) is 18.5 Å². The summed E-state index contributed by atoms with van der Waals surface area (Å²) in [5.41, 5.74) is 5.60. The molecule has 0 bridgehead atoms. The lowest BCUT2D eigenvalue weighted by atomic mass is 10.1. The van der Waals surface area contributed by atoms with Crippen LogP contribution in [0.4, 0.5) is 13.2 Å². The number of hydrogen-bond donors (Lipinski definition) is 1. The second kappa shape index (κ2) is 4.73. The third-order valence-corrected chi connectivity index (χ3v) is 2.41. The van der Waals surface area contributed by atoms with Gasteiger partial charge in [0.1, 0.15) is 5.82 Å². The summed E-state index contributed by atoms with van der Waals surface area (Å²) >= 11 is 0. The lowest BCUT2D eigenvalue weighted by Crippen LogP contribution is -2.05. The van der Waals surface area contributed by atoms with Crippen molar-refractivity contribution in [1.29, 1.82) is 0 Å². The highest BCUT2D eigenvalue weighted by Crippen LogP contribution is 2.31. The van der Waals surface area contributed by atoms with Gasteiger partial charge in [-0.3, -0.25) is 0 Å². The largest absolute Gasteiger partial charge is 0.416 e. The molecule has 0 amide bonds. The number of nitrogens with zero attached hydrogens (tertiary/aromatic N) is 2. The van der Waals surface area contributed by atoms with Crippen LogP contribution < -0.4 is 5.73 Å². The van der Waals surface area contributed by atoms with Crippen LogP contribution >= 0.6 is 0 Å². The molecule has 6 heteroatoms. The third kappa shape index (κ3) is 2.65. The maximum Gasteiger partial charge on any atom is 0.416 e. The topological polar surface area (TPSA) is 51.8 Å². The molecule has 0 aliphatic carbocycles. The minimum atomic E-state index is -4.35. The van der Waals surface area contributed by atoms with Crippen molar-refractivity contribution < 1.29 is 13.2 Å². The summed E-state index contributed by atoms with van der Waals surface area (Å²) in [4.78, 5) is 7.90. The Bertz CT molecular complexity index is 535. The molecule has 3 nitrogen and oxygen atoms in total. The van der Waals surface area contributed by atoms with Gasteiger partial charge in [-0.2, -0.15) is 13.2 Å². The van der Waals surface area contributed by atoms with Crippen molar-refractivity contribution in [3.63, 3.8) is 0 Å². The monoisotopic (exact) mass is 253 g/mol. The number of alkyl halides is 3. The maximum atomic E-state index is 12.6. The minimum Gasteiger partial charge on any atom is -0.324 e. The quantitative estimate of drug-likeness (QED) is 0.895. The molecule has 1 aromatic heterocycles. The number of aromatic nitrogens is 2. The molecule has 0 saturated carbocycles. The Morgan fingerprint density at radius 3 is 2.28 bits per heavy atom. The first-order valence-electron chi connectivity index (χ1n) is 5.19. The van der Waals surface area contributed by atoms with E-state index in [4.69, 9.17) is 5.73 Å². The van der Waals surface area contributed by atoms with Gasteiger partial charge in [-0.05, 0) is 17.7 Å². The lowest BCUT2D eigenvalue weighted by molar-refractivity contribution is -0.137. The highest BCUT2D eigenvalue weighted by atomic mass is 19.4. The van der Waals surface area contributed by atoms with Crippen LogP contribution in [0.5, 0.6) is 0 Å². The average molecular weight is 253 g/mol. The van der Waals surface area contributed by atoms with Gasteiger partial charge >= 0.3 is 6.18 Å². The Hall–Kier alpha value is -1.95. The number of nitrogens with two attached hydrogens (primary N) is 1. The molecule has 1 heterocycles. The molecule has 0 radical (unpaired) electrons. The standard InChI is InChI=1S/C12H10F3N3/c13-12(14,15)10-3-1-2-8(4-10)9-6-17-11(5-16)18-7-9/h1-4,6-7H,5,16H2. The zero-order valence-electron chi connectivity index (χ0n) is 9.28. The highest BCUT2D eigenvalue weighted by molar-refractivity contribution is 5.62. The van der Waals surface area contributed by atoms with Crippen molar-refractivity contribution >= 4 is 0 Å². The van der Waals surface area contributed by atoms with E-state index in [1.807, 2.05) is 0 Å². The van der Waals surface area contributed by atoms with Crippen LogP contribution in [0.1, 0.15) is 11.4 Å². The number of hydrogen-bond acceptors (Lipinski definition) is 3. The van der Waals surface area contributed by atoms with Gasteiger partial charge in [0, 0.05) is 18.0 Å². The van der Waals surface area contributed by atoms with Crippen LogP contribution in [0.15, 0.2) is 36.7 Å². The first-order valence-corrected chi connectivity index (χ1v) is 5.19. The summed E-state index contributed by atoms with van der Waals surface area (Å²) < 4.78 is 37.7. The third-order valence-electron chi connectivity index (χ3n) is 2.41. The van der Waals surface area contributed by atoms with E-state index in [2.05, 4.69) is 9.97 Å². The fourth-order valence-electron chi connectivity index (χ4n) is 1.48. The first-order chi connectivity index (χ1) is 8.50. The van der Waals surface area contributed by atoms with Gasteiger partial charge in [-0.25, -0.2) is 9.97 Å². The van der Waals surface area contributed by atoms with Gasteiger partial charge in [0.05, 0.1) is 12.1 Å². The van der Waals surface area contributed by atoms with Crippen molar-refractivity contribution in [2.24, 2.45) is 5.73 Å². The second-order valence-electron chi connectivity index (χ2n) is 3.67. The summed E-state index contributed by atoms with van der Waals surface area (Å²) in [7, 11) is 0. The Morgan fingerprint density at radius 2 is 1.72 bits per heavy atom. The molecule has 2 rings (SSSR count). The lowest BCUT2D eigenvalue weighted by Gasteiger charge is -2.08. The van der Waals surface area contributed by atoms with Crippen LogP contribution in [0.25, 0.3) is 11.1 Å². The Balaban J connectivity index is 2.38. The van der Waals surface area contributed by atoms with Crippen molar-refractivity contribution in [1.82, 2.24) is 9.97 Å². The molecule has 18 heavy (non-hydrogen) atoms. The Labute approximate surface area is 101 Å². The second-order valence-corrected chi connectivity index (χ2v) is 3.67. The first kappa shape index (κ1) is 12.5. The Kier molecular flexibility index (Phi) is 3.29. The van der Waals surface area contributed by atoms with Crippen molar-refractivity contribution in [3.8, 4) is 11.1 Å². The van der Waals surface area contributed by atoms with Gasteiger partial charge in [-0.15, -0.1) is 0 Å². The molecule has 2 aromatic rings. The molecule has 1 aromatic carbocycles. The van der Waals surface area contributed by atoms with E-state index in [-0.39, 0.29) is 6.54 Å². The van der Waals surface area contributed by atoms with Crippen LogP contribution in [-0.4, -0.2) is 9.97 Å². The predicted octanol–water partition coefficient (Wildman–Crippen LogP) is 2.62. The van der Waals surface area contributed by atoms with Crippen molar-refractivity contribution in [3.05, 3.63) is 48.0 Å². The highest BCUT2D eigenvalue weighted by Gasteiger charge is 2.30. The van der Waals surface area contributed by atoms with E-state index in [0.717, 1.165) is 12.1 Å². The fraction of sp³-hybridized carbons (Fsp3) is 0.167. The molecule has 0 saturated heterocycles. The molecular weight excluding hydrogens is 243 g/mol. The summed E-state index contributed by atoms with van der Waals surface area (Å²) in [5.74, 6) is 0.450. The molecule has 0 aliphatic heterocycles. The molecule has 2 N–H and O–H groups in total. The van der Waals surface area contributed by atoms with E-state index in [0.29, 0.717) is 17.0 Å². The van der Waals surface area contributed by atoms with Crippen molar-refractivity contribution in [2.75, 3.05) is 0 Å². The van der Waals surface area contributed by atoms with Gasteiger partial charge in [0.25, 0.3) is 0 Å². The minimum absolute atomic E-state index is 0.197. The molecule has 0 unspecified atom stereocenters. The van der Waals surface area contributed by atoms with Gasteiger partial charge in [0.2, 0.25) is 0 Å². The molecule has 94 valence electrons. The molecule has 0 fully saturated rings. The summed E-state index contributed by atoms with van der Waals surface area (Å²) in [6.45, 7) is 0.197. The smallest absolute Gasteiger partial charge is 0.324 e. The van der Waals surface area contributed by atoms with Crippen LogP contribution in [0.3, 0.4) is 0 Å². The number of rotatable bonds is 2. The average Bonchev–Trinajstić information content (AvgIpc) is 2.38. The SMILES string of the molecule is NCc1ncc(-c2cccc(C(F)(F)F)c2)cn1. The van der Waals surface area contributed by atoms with Gasteiger partial charge in [-0.1, -0.05) is 12.1 Å². The predicted molar refractivity (Wildman–Crippen MR) is 60.4 cm³/mol. The molecular formula is C12H10F3N3.